The van der Waals surface area contributed by atoms with Crippen molar-refractivity contribution in [2.45, 2.75) is 12.4 Å². The zero-order chi connectivity index (χ0) is 13.9. The largest absolute Gasteiger partial charge is 0.573 e. The zero-order valence-electron chi connectivity index (χ0n) is 10.2. The summed E-state index contributed by atoms with van der Waals surface area (Å²) in [5.74, 6) is -0.274. The summed E-state index contributed by atoms with van der Waals surface area (Å²) in [5, 5.41) is 0. The number of halogens is 4. The predicted molar refractivity (Wildman–Crippen MR) is 70.6 cm³/mol. The molecular weight excluding hydrogens is 293 g/mol. The van der Waals surface area contributed by atoms with Gasteiger partial charge in [0.15, 0.2) is 0 Å². The van der Waals surface area contributed by atoms with Crippen LogP contribution < -0.4 is 10.5 Å². The van der Waals surface area contributed by atoms with E-state index in [1.165, 1.54) is 24.3 Å². The molecule has 0 saturated heterocycles. The minimum atomic E-state index is -4.69. The Kier molecular flexibility index (Phi) is 5.35. The molecule has 3 nitrogen and oxygen atoms in total. The Bertz CT molecular complexity index is 532. The van der Waals surface area contributed by atoms with Crippen molar-refractivity contribution in [2.75, 3.05) is 0 Å². The summed E-state index contributed by atoms with van der Waals surface area (Å²) in [4.78, 5) is 4.10. The Morgan fingerprint density at radius 2 is 1.70 bits per heavy atom. The highest BCUT2D eigenvalue weighted by molar-refractivity contribution is 5.85. The summed E-state index contributed by atoms with van der Waals surface area (Å²) < 4.78 is 39.8. The number of nitrogens with zero attached hydrogens (tertiary/aromatic N) is 1. The monoisotopic (exact) mass is 304 g/mol. The lowest BCUT2D eigenvalue weighted by Gasteiger charge is -2.13. The molecule has 1 aromatic carbocycles. The Balaban J connectivity index is 0.00000200. The molecule has 1 atom stereocenters. The minimum absolute atomic E-state index is 0. The number of hydrogen-bond acceptors (Lipinski definition) is 3. The molecule has 1 aromatic heterocycles. The fourth-order valence-electron chi connectivity index (χ4n) is 1.61. The predicted octanol–water partition coefficient (Wildman–Crippen LogP) is 3.45. The maximum absolute atomic E-state index is 12.0. The van der Waals surface area contributed by atoms with Crippen LogP contribution in [0.1, 0.15) is 17.3 Å². The van der Waals surface area contributed by atoms with E-state index in [1.54, 1.807) is 24.4 Å². The zero-order valence-corrected chi connectivity index (χ0v) is 11.0. The number of pyridine rings is 1. The molecule has 108 valence electrons. The summed E-state index contributed by atoms with van der Waals surface area (Å²) in [7, 11) is 0. The molecule has 2 aromatic rings. The normalized spacial score (nSPS) is 12.4. The highest BCUT2D eigenvalue weighted by Gasteiger charge is 2.31. The van der Waals surface area contributed by atoms with Crippen LogP contribution in [0.25, 0.3) is 0 Å². The minimum Gasteiger partial charge on any atom is -0.406 e. The van der Waals surface area contributed by atoms with Crippen LogP contribution >= 0.6 is 12.4 Å². The smallest absolute Gasteiger partial charge is 0.406 e. The first-order valence-corrected chi connectivity index (χ1v) is 5.48. The van der Waals surface area contributed by atoms with Gasteiger partial charge in [-0.25, -0.2) is 0 Å². The quantitative estimate of drug-likeness (QED) is 0.945. The highest BCUT2D eigenvalue weighted by Crippen LogP contribution is 2.25. The molecule has 0 aliphatic rings. The molecule has 0 bridgehead atoms. The van der Waals surface area contributed by atoms with E-state index in [-0.39, 0.29) is 18.2 Å². The van der Waals surface area contributed by atoms with Crippen LogP contribution in [0.2, 0.25) is 0 Å². The van der Waals surface area contributed by atoms with Crippen molar-refractivity contribution in [1.29, 1.82) is 0 Å². The lowest BCUT2D eigenvalue weighted by molar-refractivity contribution is -0.274. The maximum Gasteiger partial charge on any atom is 0.573 e. The summed E-state index contributed by atoms with van der Waals surface area (Å²) >= 11 is 0. The Morgan fingerprint density at radius 1 is 1.05 bits per heavy atom. The van der Waals surface area contributed by atoms with Crippen LogP contribution in [0.3, 0.4) is 0 Å². The standard InChI is InChI=1S/C13H11F3N2O.ClH/c14-13(15,16)19-10-6-4-9(5-7-10)12(17)11-3-1-2-8-18-11;/h1-8,12H,17H2;1H. The molecule has 0 saturated carbocycles. The Labute approximate surface area is 120 Å². The van der Waals surface area contributed by atoms with Gasteiger partial charge in [0.25, 0.3) is 0 Å². The van der Waals surface area contributed by atoms with Gasteiger partial charge in [-0.2, -0.15) is 0 Å². The van der Waals surface area contributed by atoms with Gasteiger partial charge in [0.1, 0.15) is 5.75 Å². The molecular formula is C13H12ClF3N2O. The van der Waals surface area contributed by atoms with E-state index in [2.05, 4.69) is 9.72 Å². The van der Waals surface area contributed by atoms with E-state index < -0.39 is 12.4 Å². The van der Waals surface area contributed by atoms with Crippen molar-refractivity contribution < 1.29 is 17.9 Å². The third kappa shape index (κ3) is 4.40. The number of aromatic nitrogens is 1. The van der Waals surface area contributed by atoms with Gasteiger partial charge in [-0.15, -0.1) is 25.6 Å². The van der Waals surface area contributed by atoms with Gasteiger partial charge in [0.05, 0.1) is 11.7 Å². The molecule has 7 heteroatoms. The molecule has 1 unspecified atom stereocenters. The van der Waals surface area contributed by atoms with Crippen LogP contribution in [0, 0.1) is 0 Å². The van der Waals surface area contributed by atoms with Crippen molar-refractivity contribution in [1.82, 2.24) is 4.98 Å². The number of rotatable bonds is 3. The number of hydrogen-bond donors (Lipinski definition) is 1. The summed E-state index contributed by atoms with van der Waals surface area (Å²) in [6.07, 6.45) is -3.08. The fraction of sp³-hybridized carbons (Fsp3) is 0.154. The second-order valence-corrected chi connectivity index (χ2v) is 3.85. The van der Waals surface area contributed by atoms with Gasteiger partial charge >= 0.3 is 6.36 Å². The van der Waals surface area contributed by atoms with Crippen LogP contribution in [0.15, 0.2) is 48.7 Å². The van der Waals surface area contributed by atoms with Crippen LogP contribution in [-0.4, -0.2) is 11.3 Å². The first-order chi connectivity index (χ1) is 8.96. The first kappa shape index (κ1) is 16.3. The first-order valence-electron chi connectivity index (χ1n) is 5.48. The third-order valence-corrected chi connectivity index (χ3v) is 2.48. The van der Waals surface area contributed by atoms with Gasteiger partial charge in [-0.3, -0.25) is 4.98 Å². The molecule has 0 fully saturated rings. The van der Waals surface area contributed by atoms with Crippen molar-refractivity contribution in [3.8, 4) is 5.75 Å². The van der Waals surface area contributed by atoms with Crippen LogP contribution in [-0.2, 0) is 0 Å². The van der Waals surface area contributed by atoms with Crippen molar-refractivity contribution in [3.63, 3.8) is 0 Å². The Morgan fingerprint density at radius 3 is 2.20 bits per heavy atom. The summed E-state index contributed by atoms with van der Waals surface area (Å²) in [5.41, 5.74) is 7.27. The van der Waals surface area contributed by atoms with E-state index in [9.17, 15) is 13.2 Å². The fourth-order valence-corrected chi connectivity index (χ4v) is 1.61. The molecule has 0 amide bonds. The molecule has 2 N–H and O–H groups in total. The third-order valence-electron chi connectivity index (χ3n) is 2.48. The lowest BCUT2D eigenvalue weighted by Crippen LogP contribution is -2.17. The van der Waals surface area contributed by atoms with E-state index >= 15 is 0 Å². The molecule has 2 rings (SSSR count). The molecule has 1 heterocycles. The SMILES string of the molecule is Cl.NC(c1ccc(OC(F)(F)F)cc1)c1ccccn1. The second-order valence-electron chi connectivity index (χ2n) is 3.85. The van der Waals surface area contributed by atoms with E-state index in [4.69, 9.17) is 5.73 Å². The summed E-state index contributed by atoms with van der Waals surface area (Å²) in [6.45, 7) is 0. The van der Waals surface area contributed by atoms with Gasteiger partial charge in [0, 0.05) is 6.20 Å². The van der Waals surface area contributed by atoms with Crippen molar-refractivity contribution >= 4 is 12.4 Å². The maximum atomic E-state index is 12.0. The molecule has 0 radical (unpaired) electrons. The highest BCUT2D eigenvalue weighted by atomic mass is 35.5. The number of alkyl halides is 3. The van der Waals surface area contributed by atoms with E-state index in [0.29, 0.717) is 11.3 Å². The van der Waals surface area contributed by atoms with Gasteiger partial charge in [-0.05, 0) is 29.8 Å². The average Bonchev–Trinajstić information content (AvgIpc) is 2.38. The van der Waals surface area contributed by atoms with Gasteiger partial charge in [0.2, 0.25) is 0 Å². The average molecular weight is 305 g/mol. The van der Waals surface area contributed by atoms with Gasteiger partial charge < -0.3 is 10.5 Å². The van der Waals surface area contributed by atoms with E-state index in [0.717, 1.165) is 0 Å². The van der Waals surface area contributed by atoms with Crippen LogP contribution in [0.4, 0.5) is 13.2 Å². The van der Waals surface area contributed by atoms with Crippen molar-refractivity contribution in [2.24, 2.45) is 5.73 Å². The second kappa shape index (κ2) is 6.58. The lowest BCUT2D eigenvalue weighted by atomic mass is 10.0. The Hall–Kier alpha value is -1.79. The molecule has 20 heavy (non-hydrogen) atoms. The molecule has 0 aliphatic heterocycles. The van der Waals surface area contributed by atoms with E-state index in [1.807, 2.05) is 0 Å². The van der Waals surface area contributed by atoms with Crippen molar-refractivity contribution in [3.05, 3.63) is 59.9 Å². The number of nitrogens with two attached hydrogens (primary N) is 1. The molecule has 0 spiro atoms. The van der Waals surface area contributed by atoms with Crippen LogP contribution in [0.5, 0.6) is 5.75 Å². The van der Waals surface area contributed by atoms with Gasteiger partial charge in [-0.1, -0.05) is 18.2 Å². The molecule has 0 aliphatic carbocycles. The summed E-state index contributed by atoms with van der Waals surface area (Å²) in [6, 6.07) is 10.3. The topological polar surface area (TPSA) is 48.1 Å². The number of ether oxygens (including phenoxy) is 1. The number of benzene rings is 1.